The lowest BCUT2D eigenvalue weighted by Crippen LogP contribution is -1.78. The molecule has 0 amide bonds. The second kappa shape index (κ2) is 2.88. The Kier molecular flexibility index (Phi) is 2.12. The SMILES string of the molecule is Cc1ccccc1[CH]Cl. The minimum absolute atomic E-state index is 1.10. The molecule has 0 heterocycles. The lowest BCUT2D eigenvalue weighted by Gasteiger charge is -1.96. The summed E-state index contributed by atoms with van der Waals surface area (Å²) < 4.78 is 0. The molecule has 1 aromatic rings. The van der Waals surface area contributed by atoms with E-state index < -0.39 is 0 Å². The first-order chi connectivity index (χ1) is 4.34. The largest absolute Gasteiger partial charge is 0.116 e. The highest BCUT2D eigenvalue weighted by atomic mass is 35.5. The number of benzene rings is 1. The first kappa shape index (κ1) is 6.63. The van der Waals surface area contributed by atoms with Crippen molar-refractivity contribution in [2.45, 2.75) is 6.92 Å². The smallest absolute Gasteiger partial charge is 0.0792 e. The molecule has 1 heteroatoms. The molecule has 0 atom stereocenters. The van der Waals surface area contributed by atoms with Crippen molar-refractivity contribution in [2.24, 2.45) is 0 Å². The molecule has 0 fully saturated rings. The Morgan fingerprint density at radius 2 is 2.00 bits per heavy atom. The Morgan fingerprint density at radius 3 is 2.44 bits per heavy atom. The first-order valence-electron chi connectivity index (χ1n) is 2.83. The summed E-state index contributed by atoms with van der Waals surface area (Å²) in [6.45, 7) is 2.04. The van der Waals surface area contributed by atoms with E-state index >= 15 is 0 Å². The van der Waals surface area contributed by atoms with Gasteiger partial charge in [0.1, 0.15) is 0 Å². The fourth-order valence-corrected chi connectivity index (χ4v) is 0.954. The van der Waals surface area contributed by atoms with Gasteiger partial charge in [-0.15, -0.1) is 11.6 Å². The zero-order valence-electron chi connectivity index (χ0n) is 5.26. The van der Waals surface area contributed by atoms with Crippen LogP contribution in [0.1, 0.15) is 11.1 Å². The highest BCUT2D eigenvalue weighted by molar-refractivity contribution is 6.25. The number of aryl methyl sites for hydroxylation is 1. The predicted octanol–water partition coefficient (Wildman–Crippen LogP) is 2.74. The normalized spacial score (nSPS) is 9.56. The van der Waals surface area contributed by atoms with Crippen molar-refractivity contribution in [3.63, 3.8) is 0 Å². The Balaban J connectivity index is 3.01. The minimum atomic E-state index is 1.10. The van der Waals surface area contributed by atoms with Crippen LogP contribution in [0.2, 0.25) is 0 Å². The van der Waals surface area contributed by atoms with Crippen LogP contribution in [0.3, 0.4) is 0 Å². The lowest BCUT2D eigenvalue weighted by molar-refractivity contribution is 1.41. The predicted molar refractivity (Wildman–Crippen MR) is 40.4 cm³/mol. The molecule has 0 nitrogen and oxygen atoms in total. The van der Waals surface area contributed by atoms with E-state index in [1.165, 1.54) is 5.56 Å². The zero-order chi connectivity index (χ0) is 6.69. The van der Waals surface area contributed by atoms with E-state index in [4.69, 9.17) is 11.6 Å². The maximum atomic E-state index is 5.51. The molecule has 1 rings (SSSR count). The highest BCUT2D eigenvalue weighted by Crippen LogP contribution is 2.10. The van der Waals surface area contributed by atoms with Gasteiger partial charge in [-0.25, -0.2) is 0 Å². The lowest BCUT2D eigenvalue weighted by atomic mass is 10.1. The molecular weight excluding hydrogens is 132 g/mol. The molecule has 1 aromatic carbocycles. The van der Waals surface area contributed by atoms with Gasteiger partial charge >= 0.3 is 0 Å². The molecule has 0 aliphatic heterocycles. The molecule has 0 spiro atoms. The van der Waals surface area contributed by atoms with Crippen LogP contribution in [0.5, 0.6) is 0 Å². The molecule has 0 aromatic heterocycles. The Labute approximate surface area is 60.5 Å². The molecule has 1 radical (unpaired) electrons. The van der Waals surface area contributed by atoms with Gasteiger partial charge < -0.3 is 0 Å². The summed E-state index contributed by atoms with van der Waals surface area (Å²) in [7, 11) is 0. The molecule has 0 saturated heterocycles. The van der Waals surface area contributed by atoms with Gasteiger partial charge in [0.2, 0.25) is 0 Å². The van der Waals surface area contributed by atoms with Crippen molar-refractivity contribution < 1.29 is 0 Å². The minimum Gasteiger partial charge on any atom is -0.116 e. The fourth-order valence-electron chi connectivity index (χ4n) is 0.709. The molecule has 0 aliphatic rings. The average Bonchev–Trinajstić information content (AvgIpc) is 1.89. The van der Waals surface area contributed by atoms with Crippen molar-refractivity contribution >= 4 is 11.6 Å². The summed E-state index contributed by atoms with van der Waals surface area (Å²) in [6.07, 6.45) is 0. The number of hydrogen-bond donors (Lipinski definition) is 0. The third-order valence-corrected chi connectivity index (χ3v) is 1.54. The van der Waals surface area contributed by atoms with Crippen LogP contribution in [0.25, 0.3) is 0 Å². The summed E-state index contributed by atoms with van der Waals surface area (Å²) in [4.78, 5) is 0. The van der Waals surface area contributed by atoms with Gasteiger partial charge in [-0.1, -0.05) is 24.3 Å². The summed E-state index contributed by atoms with van der Waals surface area (Å²) in [5.74, 6) is 1.59. The number of rotatable bonds is 1. The standard InChI is InChI=1S/C8H8Cl/c1-7-4-2-3-5-8(7)6-9/h2-6H,1H3. The van der Waals surface area contributed by atoms with Crippen molar-refractivity contribution in [1.29, 1.82) is 0 Å². The first-order valence-corrected chi connectivity index (χ1v) is 3.27. The molecule has 0 aliphatic carbocycles. The zero-order valence-corrected chi connectivity index (χ0v) is 6.02. The number of halogens is 1. The van der Waals surface area contributed by atoms with Crippen LogP contribution in [0, 0.1) is 12.8 Å². The second-order valence-corrected chi connectivity index (χ2v) is 2.18. The highest BCUT2D eigenvalue weighted by Gasteiger charge is 1.91. The average molecular weight is 140 g/mol. The van der Waals surface area contributed by atoms with Gasteiger partial charge in [0.05, 0.1) is 5.88 Å². The Morgan fingerprint density at radius 1 is 1.33 bits per heavy atom. The van der Waals surface area contributed by atoms with Crippen LogP contribution >= 0.6 is 11.6 Å². The molecule has 0 N–H and O–H groups in total. The van der Waals surface area contributed by atoms with Crippen LogP contribution in [0.4, 0.5) is 0 Å². The fraction of sp³-hybridized carbons (Fsp3) is 0.125. The molecule has 0 unspecified atom stereocenters. The van der Waals surface area contributed by atoms with Gasteiger partial charge in [0.25, 0.3) is 0 Å². The van der Waals surface area contributed by atoms with E-state index in [2.05, 4.69) is 0 Å². The number of hydrogen-bond acceptors (Lipinski definition) is 0. The molecule has 9 heavy (non-hydrogen) atoms. The van der Waals surface area contributed by atoms with Crippen LogP contribution in [-0.2, 0) is 0 Å². The third-order valence-electron chi connectivity index (χ3n) is 1.31. The second-order valence-electron chi connectivity index (χ2n) is 1.97. The van der Waals surface area contributed by atoms with Gasteiger partial charge in [-0.2, -0.15) is 0 Å². The molecular formula is C8H8Cl. The summed E-state index contributed by atoms with van der Waals surface area (Å²) in [5.41, 5.74) is 2.31. The molecule has 47 valence electrons. The van der Waals surface area contributed by atoms with E-state index in [9.17, 15) is 0 Å². The summed E-state index contributed by atoms with van der Waals surface area (Å²) in [5, 5.41) is 0. The van der Waals surface area contributed by atoms with Crippen molar-refractivity contribution in [2.75, 3.05) is 0 Å². The van der Waals surface area contributed by atoms with Gasteiger partial charge in [0, 0.05) is 0 Å². The van der Waals surface area contributed by atoms with Gasteiger partial charge in [0.15, 0.2) is 0 Å². The summed E-state index contributed by atoms with van der Waals surface area (Å²) >= 11 is 5.51. The maximum absolute atomic E-state index is 5.51. The van der Waals surface area contributed by atoms with Crippen molar-refractivity contribution in [3.05, 3.63) is 41.3 Å². The van der Waals surface area contributed by atoms with E-state index in [0.29, 0.717) is 0 Å². The maximum Gasteiger partial charge on any atom is 0.0792 e. The van der Waals surface area contributed by atoms with E-state index in [-0.39, 0.29) is 0 Å². The Bertz CT molecular complexity index is 194. The molecule has 0 bridgehead atoms. The van der Waals surface area contributed by atoms with Crippen LogP contribution in [0.15, 0.2) is 24.3 Å². The van der Waals surface area contributed by atoms with Crippen LogP contribution in [-0.4, -0.2) is 0 Å². The van der Waals surface area contributed by atoms with E-state index in [0.717, 1.165) is 5.56 Å². The monoisotopic (exact) mass is 139 g/mol. The van der Waals surface area contributed by atoms with E-state index in [1.807, 2.05) is 31.2 Å². The quantitative estimate of drug-likeness (QED) is 0.561. The molecule has 0 saturated carbocycles. The third kappa shape index (κ3) is 1.46. The Hall–Kier alpha value is -0.490. The van der Waals surface area contributed by atoms with E-state index in [1.54, 1.807) is 5.88 Å². The topological polar surface area (TPSA) is 0 Å². The van der Waals surface area contributed by atoms with Crippen molar-refractivity contribution in [3.8, 4) is 0 Å². The van der Waals surface area contributed by atoms with Gasteiger partial charge in [-0.3, -0.25) is 0 Å². The van der Waals surface area contributed by atoms with Crippen LogP contribution < -0.4 is 0 Å². The van der Waals surface area contributed by atoms with Crippen molar-refractivity contribution in [1.82, 2.24) is 0 Å². The summed E-state index contributed by atoms with van der Waals surface area (Å²) in [6, 6.07) is 8.00. The van der Waals surface area contributed by atoms with Gasteiger partial charge in [-0.05, 0) is 18.1 Å².